The first-order chi connectivity index (χ1) is 18.5. The molecular formula is C25H27N3O8S3. The molecule has 2 heterocycles. The van der Waals surface area contributed by atoms with Gasteiger partial charge in [0.25, 0.3) is 5.91 Å². The molecule has 3 aromatic rings. The van der Waals surface area contributed by atoms with Gasteiger partial charge in [-0.15, -0.1) is 11.3 Å². The van der Waals surface area contributed by atoms with Crippen molar-refractivity contribution < 1.29 is 37.1 Å². The summed E-state index contributed by atoms with van der Waals surface area (Å²) in [5.41, 5.74) is 2.68. The van der Waals surface area contributed by atoms with Crippen LogP contribution in [0.3, 0.4) is 0 Å². The molecule has 0 fully saturated rings. The van der Waals surface area contributed by atoms with Crippen LogP contribution in [0, 0.1) is 6.92 Å². The number of ether oxygens (including phenoxy) is 2. The fourth-order valence-corrected chi connectivity index (χ4v) is 7.78. The van der Waals surface area contributed by atoms with E-state index in [2.05, 4.69) is 10.3 Å². The zero-order valence-electron chi connectivity index (χ0n) is 21.6. The summed E-state index contributed by atoms with van der Waals surface area (Å²) < 4.78 is 37.3. The number of fused-ring (bicyclic) bond motifs is 2. The minimum absolute atomic E-state index is 0.137. The number of aryl methyl sites for hydroxylation is 2. The quantitative estimate of drug-likeness (QED) is 0.391. The highest BCUT2D eigenvalue weighted by Crippen LogP contribution is 2.38. The first kappa shape index (κ1) is 28.6. The molecule has 208 valence electrons. The Morgan fingerprint density at radius 1 is 1.05 bits per heavy atom. The molecule has 0 unspecified atom stereocenters. The summed E-state index contributed by atoms with van der Waals surface area (Å²) >= 11 is 2.37. The highest BCUT2D eigenvalue weighted by molar-refractivity contribution is 7.92. The highest BCUT2D eigenvalue weighted by atomic mass is 32.2. The average Bonchev–Trinajstić information content (AvgIpc) is 3.39. The molecule has 0 atom stereocenters. The van der Waals surface area contributed by atoms with E-state index >= 15 is 0 Å². The zero-order valence-corrected chi connectivity index (χ0v) is 24.0. The van der Waals surface area contributed by atoms with Gasteiger partial charge in [0.15, 0.2) is 14.6 Å². The number of benzene rings is 1. The number of thiazole rings is 1. The van der Waals surface area contributed by atoms with Crippen molar-refractivity contribution in [2.45, 2.75) is 39.2 Å². The predicted molar refractivity (Wildman–Crippen MR) is 147 cm³/mol. The Balaban J connectivity index is 1.53. The Bertz CT molecular complexity index is 1650. The SMILES string of the molecule is COC(=O)Cn1c(=NC(=O)CS(=O)(=O)CC(=O)Nc2sc3c(c2C(=O)OC)CCCC3)sc2cc(C)ccc21. The second-order valence-corrected chi connectivity index (χ2v) is 13.2. The predicted octanol–water partition coefficient (Wildman–Crippen LogP) is 2.39. The van der Waals surface area contributed by atoms with Crippen molar-refractivity contribution in [2.75, 3.05) is 31.0 Å². The normalized spacial score (nSPS) is 13.7. The van der Waals surface area contributed by atoms with Crippen molar-refractivity contribution in [3.8, 4) is 0 Å². The average molecular weight is 594 g/mol. The lowest BCUT2D eigenvalue weighted by Gasteiger charge is -2.11. The van der Waals surface area contributed by atoms with E-state index in [9.17, 15) is 27.6 Å². The lowest BCUT2D eigenvalue weighted by Crippen LogP contribution is -2.29. The molecule has 1 aliphatic carbocycles. The van der Waals surface area contributed by atoms with Crippen LogP contribution >= 0.6 is 22.7 Å². The maximum absolute atomic E-state index is 12.7. The van der Waals surface area contributed by atoms with Gasteiger partial charge in [-0.05, 0) is 55.9 Å². The number of nitrogens with one attached hydrogen (secondary N) is 1. The van der Waals surface area contributed by atoms with Crippen LogP contribution in [0.25, 0.3) is 10.2 Å². The monoisotopic (exact) mass is 593 g/mol. The molecular weight excluding hydrogens is 566 g/mol. The third kappa shape index (κ3) is 6.62. The number of hydrogen-bond donors (Lipinski definition) is 1. The topological polar surface area (TPSA) is 150 Å². The van der Waals surface area contributed by atoms with Crippen molar-refractivity contribution in [1.29, 1.82) is 0 Å². The van der Waals surface area contributed by atoms with E-state index in [-0.39, 0.29) is 21.9 Å². The molecule has 0 saturated heterocycles. The fourth-order valence-electron chi connectivity index (χ4n) is 4.32. The van der Waals surface area contributed by atoms with Crippen LogP contribution in [0.15, 0.2) is 23.2 Å². The number of amides is 2. The number of sulfone groups is 1. The molecule has 11 nitrogen and oxygen atoms in total. The third-order valence-electron chi connectivity index (χ3n) is 6.08. The Kier molecular flexibility index (Phi) is 8.67. The molecule has 2 aromatic heterocycles. The second-order valence-electron chi connectivity index (χ2n) is 9.01. The molecule has 0 saturated carbocycles. The van der Waals surface area contributed by atoms with Gasteiger partial charge in [-0.3, -0.25) is 14.4 Å². The van der Waals surface area contributed by atoms with Crippen LogP contribution in [0.2, 0.25) is 0 Å². The van der Waals surface area contributed by atoms with Crippen LogP contribution in [0.5, 0.6) is 0 Å². The summed E-state index contributed by atoms with van der Waals surface area (Å²) in [6.07, 6.45) is 3.30. The number of carbonyl (C=O) groups is 4. The number of anilines is 1. The smallest absolute Gasteiger partial charge is 0.341 e. The summed E-state index contributed by atoms with van der Waals surface area (Å²) in [6, 6.07) is 5.48. The summed E-state index contributed by atoms with van der Waals surface area (Å²) in [5.74, 6) is -4.98. The van der Waals surface area contributed by atoms with E-state index < -0.39 is 45.1 Å². The van der Waals surface area contributed by atoms with Crippen LogP contribution < -0.4 is 10.1 Å². The molecule has 39 heavy (non-hydrogen) atoms. The number of carbonyl (C=O) groups excluding carboxylic acids is 4. The highest BCUT2D eigenvalue weighted by Gasteiger charge is 2.28. The largest absolute Gasteiger partial charge is 0.468 e. The molecule has 0 bridgehead atoms. The van der Waals surface area contributed by atoms with Gasteiger partial charge in [0, 0.05) is 4.88 Å². The van der Waals surface area contributed by atoms with E-state index in [1.807, 2.05) is 19.1 Å². The molecule has 0 radical (unpaired) electrons. The Hall–Kier alpha value is -3.36. The Morgan fingerprint density at radius 3 is 2.51 bits per heavy atom. The van der Waals surface area contributed by atoms with E-state index in [4.69, 9.17) is 9.47 Å². The standard InChI is InChI=1S/C25H27N3O8S3/c1-14-8-9-16-18(10-14)38-25(28(16)11-21(31)35-2)27-20(30)13-39(33,34)12-19(29)26-23-22(24(32)36-3)15-6-4-5-7-17(15)37-23/h8-10H,4-7,11-13H2,1-3H3,(H,26,29). The first-order valence-corrected chi connectivity index (χ1v) is 15.4. The van der Waals surface area contributed by atoms with Gasteiger partial charge in [-0.2, -0.15) is 4.99 Å². The molecule has 1 aromatic carbocycles. The Morgan fingerprint density at radius 2 is 1.79 bits per heavy atom. The van der Waals surface area contributed by atoms with Crippen LogP contribution in [0.1, 0.15) is 39.2 Å². The van der Waals surface area contributed by atoms with Crippen molar-refractivity contribution in [2.24, 2.45) is 4.99 Å². The summed E-state index contributed by atoms with van der Waals surface area (Å²) in [5, 5.41) is 2.77. The van der Waals surface area contributed by atoms with Crippen molar-refractivity contribution in [3.05, 3.63) is 44.6 Å². The number of esters is 2. The van der Waals surface area contributed by atoms with Crippen LogP contribution in [-0.2, 0) is 53.1 Å². The maximum Gasteiger partial charge on any atom is 0.341 e. The first-order valence-electron chi connectivity index (χ1n) is 12.0. The fraction of sp³-hybridized carbons (Fsp3) is 0.400. The van der Waals surface area contributed by atoms with Gasteiger partial charge in [-0.25, -0.2) is 13.2 Å². The van der Waals surface area contributed by atoms with E-state index in [1.165, 1.54) is 30.1 Å². The molecule has 0 aliphatic heterocycles. The van der Waals surface area contributed by atoms with Crippen LogP contribution in [-0.4, -0.2) is 62.5 Å². The lowest BCUT2D eigenvalue weighted by molar-refractivity contribution is -0.141. The lowest BCUT2D eigenvalue weighted by atomic mass is 9.95. The molecule has 0 spiro atoms. The van der Waals surface area contributed by atoms with Gasteiger partial charge in [0.05, 0.1) is 30.0 Å². The van der Waals surface area contributed by atoms with Crippen molar-refractivity contribution >= 4 is 71.5 Å². The molecule has 1 aliphatic rings. The number of hydrogen-bond acceptors (Lipinski definition) is 10. The van der Waals surface area contributed by atoms with Gasteiger partial charge >= 0.3 is 11.9 Å². The number of nitrogens with zero attached hydrogens (tertiary/aromatic N) is 2. The number of aromatic nitrogens is 1. The minimum atomic E-state index is -4.20. The molecule has 14 heteroatoms. The van der Waals surface area contributed by atoms with E-state index in [0.29, 0.717) is 11.9 Å². The van der Waals surface area contributed by atoms with Gasteiger partial charge < -0.3 is 19.4 Å². The second kappa shape index (κ2) is 11.8. The Labute approximate surface area is 232 Å². The molecule has 4 rings (SSSR count). The van der Waals surface area contributed by atoms with Gasteiger partial charge in [-0.1, -0.05) is 17.4 Å². The molecule has 2 amide bonds. The van der Waals surface area contributed by atoms with E-state index in [1.54, 1.807) is 6.07 Å². The van der Waals surface area contributed by atoms with Crippen LogP contribution in [0.4, 0.5) is 5.00 Å². The summed E-state index contributed by atoms with van der Waals surface area (Å²) in [6.45, 7) is 1.68. The maximum atomic E-state index is 12.7. The van der Waals surface area contributed by atoms with Crippen molar-refractivity contribution in [3.63, 3.8) is 0 Å². The summed E-state index contributed by atoms with van der Waals surface area (Å²) in [7, 11) is -1.72. The zero-order chi connectivity index (χ0) is 28.3. The summed E-state index contributed by atoms with van der Waals surface area (Å²) in [4.78, 5) is 54.7. The minimum Gasteiger partial charge on any atom is -0.468 e. The van der Waals surface area contributed by atoms with E-state index in [0.717, 1.165) is 51.3 Å². The molecule has 1 N–H and O–H groups in total. The number of methoxy groups -OCH3 is 2. The number of thiophene rings is 1. The third-order valence-corrected chi connectivity index (χ3v) is 9.72. The number of rotatable bonds is 8. The van der Waals surface area contributed by atoms with Gasteiger partial charge in [0.2, 0.25) is 5.91 Å². The van der Waals surface area contributed by atoms with Gasteiger partial charge in [0.1, 0.15) is 23.1 Å². The van der Waals surface area contributed by atoms with Crippen molar-refractivity contribution in [1.82, 2.24) is 4.57 Å².